The number of nitrogens with zero attached hydrogens (tertiary/aromatic N) is 2. The highest BCUT2D eigenvalue weighted by molar-refractivity contribution is 5.36. The molecule has 1 aromatic heterocycles. The summed E-state index contributed by atoms with van der Waals surface area (Å²) in [5.74, 6) is 0. The van der Waals surface area contributed by atoms with Crippen molar-refractivity contribution in [2.24, 2.45) is 0 Å². The van der Waals surface area contributed by atoms with Gasteiger partial charge in [-0.25, -0.2) is 0 Å². The summed E-state index contributed by atoms with van der Waals surface area (Å²) in [5, 5.41) is 8.26. The van der Waals surface area contributed by atoms with Gasteiger partial charge in [0.05, 0.1) is 11.7 Å². The first-order valence-electron chi connectivity index (χ1n) is 8.12. The Morgan fingerprint density at radius 2 is 1.95 bits per heavy atom. The van der Waals surface area contributed by atoms with Gasteiger partial charge in [0.2, 0.25) is 0 Å². The van der Waals surface area contributed by atoms with Crippen LogP contribution in [0.3, 0.4) is 0 Å². The van der Waals surface area contributed by atoms with Crippen molar-refractivity contribution in [1.29, 1.82) is 0 Å². The van der Waals surface area contributed by atoms with Crippen molar-refractivity contribution in [3.8, 4) is 0 Å². The molecular weight excluding hydrogens is 258 g/mol. The molecule has 3 heteroatoms. The summed E-state index contributed by atoms with van der Waals surface area (Å²) >= 11 is 0. The Hall–Kier alpha value is -1.61. The van der Waals surface area contributed by atoms with E-state index in [1.807, 2.05) is 6.20 Å². The average Bonchev–Trinajstić information content (AvgIpc) is 3.20. The zero-order valence-electron chi connectivity index (χ0n) is 13.0. The fraction of sp³-hybridized carbons (Fsp3) is 0.500. The summed E-state index contributed by atoms with van der Waals surface area (Å²) in [4.78, 5) is 0. The van der Waals surface area contributed by atoms with Crippen LogP contribution in [0, 0.1) is 0 Å². The van der Waals surface area contributed by atoms with Gasteiger partial charge < -0.3 is 5.32 Å². The van der Waals surface area contributed by atoms with Crippen LogP contribution in [-0.2, 0) is 12.0 Å². The van der Waals surface area contributed by atoms with E-state index in [1.165, 1.54) is 24.1 Å². The summed E-state index contributed by atoms with van der Waals surface area (Å²) in [6, 6.07) is 13.5. The monoisotopic (exact) mass is 283 g/mol. The Morgan fingerprint density at radius 1 is 1.19 bits per heavy atom. The van der Waals surface area contributed by atoms with E-state index in [2.05, 4.69) is 65.3 Å². The highest BCUT2D eigenvalue weighted by Crippen LogP contribution is 2.56. The number of hydrogen-bond acceptors (Lipinski definition) is 2. The van der Waals surface area contributed by atoms with E-state index in [-0.39, 0.29) is 5.41 Å². The SMILES string of the molecule is CCCNC(c1ccnn1CC)C1(c2ccccc2)CC1. The zero-order chi connectivity index (χ0) is 14.7. The second-order valence-electron chi connectivity index (χ2n) is 5.98. The lowest BCUT2D eigenvalue weighted by Gasteiger charge is -2.29. The summed E-state index contributed by atoms with van der Waals surface area (Å²) < 4.78 is 2.14. The molecule has 0 aliphatic heterocycles. The average molecular weight is 283 g/mol. The number of benzene rings is 1. The largest absolute Gasteiger partial charge is 0.308 e. The smallest absolute Gasteiger partial charge is 0.0590 e. The van der Waals surface area contributed by atoms with Crippen LogP contribution in [0.15, 0.2) is 42.6 Å². The molecule has 0 spiro atoms. The van der Waals surface area contributed by atoms with Gasteiger partial charge >= 0.3 is 0 Å². The highest BCUT2D eigenvalue weighted by atomic mass is 15.3. The van der Waals surface area contributed by atoms with Crippen LogP contribution in [0.5, 0.6) is 0 Å². The second-order valence-corrected chi connectivity index (χ2v) is 5.98. The third-order valence-corrected chi connectivity index (χ3v) is 4.63. The highest BCUT2D eigenvalue weighted by Gasteiger charge is 2.51. The van der Waals surface area contributed by atoms with E-state index in [4.69, 9.17) is 0 Å². The summed E-state index contributed by atoms with van der Waals surface area (Å²) in [7, 11) is 0. The van der Waals surface area contributed by atoms with Crippen LogP contribution in [-0.4, -0.2) is 16.3 Å². The van der Waals surface area contributed by atoms with Crippen LogP contribution < -0.4 is 5.32 Å². The molecule has 112 valence electrons. The van der Waals surface area contributed by atoms with Gasteiger partial charge in [-0.2, -0.15) is 5.10 Å². The maximum atomic E-state index is 4.48. The van der Waals surface area contributed by atoms with Gasteiger partial charge in [-0.05, 0) is 44.4 Å². The minimum Gasteiger partial charge on any atom is -0.308 e. The molecule has 1 saturated carbocycles. The van der Waals surface area contributed by atoms with E-state index in [1.54, 1.807) is 0 Å². The van der Waals surface area contributed by atoms with Gasteiger partial charge in [-0.3, -0.25) is 4.68 Å². The summed E-state index contributed by atoms with van der Waals surface area (Å²) in [6.45, 7) is 6.37. The van der Waals surface area contributed by atoms with Gasteiger partial charge in [-0.1, -0.05) is 37.3 Å². The molecule has 1 aromatic carbocycles. The predicted octanol–water partition coefficient (Wildman–Crippen LogP) is 3.68. The molecule has 0 bridgehead atoms. The Morgan fingerprint density at radius 3 is 2.57 bits per heavy atom. The zero-order valence-corrected chi connectivity index (χ0v) is 13.0. The molecule has 1 atom stereocenters. The Bertz CT molecular complexity index is 569. The van der Waals surface area contributed by atoms with Crippen molar-refractivity contribution in [2.75, 3.05) is 6.54 Å². The number of aryl methyl sites for hydroxylation is 1. The number of rotatable bonds is 7. The van der Waals surface area contributed by atoms with Gasteiger partial charge in [0.15, 0.2) is 0 Å². The van der Waals surface area contributed by atoms with Crippen molar-refractivity contribution in [3.05, 3.63) is 53.9 Å². The molecule has 0 amide bonds. The van der Waals surface area contributed by atoms with Crippen LogP contribution in [0.25, 0.3) is 0 Å². The van der Waals surface area contributed by atoms with Crippen molar-refractivity contribution in [3.63, 3.8) is 0 Å². The molecule has 2 aromatic rings. The predicted molar refractivity (Wildman–Crippen MR) is 86.3 cm³/mol. The van der Waals surface area contributed by atoms with Gasteiger partial charge in [0.25, 0.3) is 0 Å². The van der Waals surface area contributed by atoms with Crippen molar-refractivity contribution in [2.45, 2.75) is 51.1 Å². The third kappa shape index (κ3) is 2.62. The second kappa shape index (κ2) is 6.02. The van der Waals surface area contributed by atoms with Gasteiger partial charge in [0, 0.05) is 18.2 Å². The first kappa shape index (κ1) is 14.3. The number of hydrogen-bond donors (Lipinski definition) is 1. The van der Waals surface area contributed by atoms with Gasteiger partial charge in [-0.15, -0.1) is 0 Å². The fourth-order valence-corrected chi connectivity index (χ4v) is 3.37. The number of aromatic nitrogens is 2. The Balaban J connectivity index is 1.96. The maximum Gasteiger partial charge on any atom is 0.0590 e. The van der Waals surface area contributed by atoms with Crippen molar-refractivity contribution in [1.82, 2.24) is 15.1 Å². The normalized spacial score (nSPS) is 17.6. The topological polar surface area (TPSA) is 29.9 Å². The minimum absolute atomic E-state index is 0.253. The summed E-state index contributed by atoms with van der Waals surface area (Å²) in [6.07, 6.45) is 5.60. The van der Waals surface area contributed by atoms with Crippen molar-refractivity contribution < 1.29 is 0 Å². The molecule has 0 saturated heterocycles. The van der Waals surface area contributed by atoms with E-state index in [0.717, 1.165) is 19.5 Å². The van der Waals surface area contributed by atoms with Gasteiger partial charge in [0.1, 0.15) is 0 Å². The molecule has 21 heavy (non-hydrogen) atoms. The molecule has 1 aliphatic carbocycles. The van der Waals surface area contributed by atoms with Crippen LogP contribution in [0.2, 0.25) is 0 Å². The molecule has 1 heterocycles. The number of nitrogens with one attached hydrogen (secondary N) is 1. The Kier molecular flexibility index (Phi) is 4.11. The first-order chi connectivity index (χ1) is 10.3. The van der Waals surface area contributed by atoms with Crippen LogP contribution in [0.4, 0.5) is 0 Å². The quantitative estimate of drug-likeness (QED) is 0.840. The third-order valence-electron chi connectivity index (χ3n) is 4.63. The van der Waals surface area contributed by atoms with E-state index in [9.17, 15) is 0 Å². The summed E-state index contributed by atoms with van der Waals surface area (Å²) in [5.41, 5.74) is 3.04. The minimum atomic E-state index is 0.253. The Labute approximate surface area is 127 Å². The molecule has 3 nitrogen and oxygen atoms in total. The van der Waals surface area contributed by atoms with Crippen LogP contribution in [0.1, 0.15) is 50.4 Å². The molecule has 1 fully saturated rings. The molecular formula is C18H25N3. The molecule has 1 unspecified atom stereocenters. The van der Waals surface area contributed by atoms with Crippen LogP contribution >= 0.6 is 0 Å². The van der Waals surface area contributed by atoms with E-state index < -0.39 is 0 Å². The molecule has 0 radical (unpaired) electrons. The fourth-order valence-electron chi connectivity index (χ4n) is 3.37. The standard InChI is InChI=1S/C18H25N3/c1-3-13-19-17(16-10-14-20-21(16)4-2)18(11-12-18)15-8-6-5-7-9-15/h5-10,14,17,19H,3-4,11-13H2,1-2H3. The lowest BCUT2D eigenvalue weighted by atomic mass is 9.86. The maximum absolute atomic E-state index is 4.48. The molecule has 1 aliphatic rings. The molecule has 3 rings (SSSR count). The van der Waals surface area contributed by atoms with Crippen molar-refractivity contribution >= 4 is 0 Å². The van der Waals surface area contributed by atoms with E-state index in [0.29, 0.717) is 6.04 Å². The lowest BCUT2D eigenvalue weighted by Crippen LogP contribution is -2.34. The molecule has 1 N–H and O–H groups in total. The first-order valence-corrected chi connectivity index (χ1v) is 8.12. The van der Waals surface area contributed by atoms with E-state index >= 15 is 0 Å². The lowest BCUT2D eigenvalue weighted by molar-refractivity contribution is 0.398.